The minimum atomic E-state index is -1.32. The molecule has 0 saturated heterocycles. The number of nitrogens with zero attached hydrogens (tertiary/aromatic N) is 2. The van der Waals surface area contributed by atoms with Gasteiger partial charge in [-0.15, -0.1) is 0 Å². The third-order valence-electron chi connectivity index (χ3n) is 1.68. The highest BCUT2D eigenvalue weighted by Crippen LogP contribution is 1.90. The third-order valence-corrected chi connectivity index (χ3v) is 1.68. The molecule has 0 spiro atoms. The number of amides is 2. The number of carboxylic acid groups (broad SMARTS) is 1. The molecule has 84 valence electrons. The highest BCUT2D eigenvalue weighted by molar-refractivity contribution is 5.82. The summed E-state index contributed by atoms with van der Waals surface area (Å²) >= 11 is 0. The summed E-state index contributed by atoms with van der Waals surface area (Å²) < 4.78 is 0. The van der Waals surface area contributed by atoms with Crippen molar-refractivity contribution in [3.05, 3.63) is 0 Å². The number of aliphatic hydroxyl groups is 1. The highest BCUT2D eigenvalue weighted by atomic mass is 16.4. The lowest BCUT2D eigenvalue weighted by Crippen LogP contribution is -2.48. The lowest BCUT2D eigenvalue weighted by atomic mass is 10.3. The van der Waals surface area contributed by atoms with Gasteiger partial charge in [-0.2, -0.15) is 5.26 Å². The predicted molar refractivity (Wildman–Crippen MR) is 49.9 cm³/mol. The van der Waals surface area contributed by atoms with E-state index in [0.29, 0.717) is 0 Å². The zero-order valence-corrected chi connectivity index (χ0v) is 8.30. The third kappa shape index (κ3) is 4.83. The van der Waals surface area contributed by atoms with Crippen molar-refractivity contribution in [3.63, 3.8) is 0 Å². The second-order valence-electron chi connectivity index (χ2n) is 2.85. The standard InChI is InChI=1S/C8H13N3O4/c1-11(4-2-3-9)8(15)10-6(5-12)7(13)14/h6,12H,2,4-5H2,1H3,(H,10,15)(H,13,14). The van der Waals surface area contributed by atoms with Gasteiger partial charge in [0.05, 0.1) is 19.1 Å². The number of nitrogens with one attached hydrogen (secondary N) is 1. The first-order chi connectivity index (χ1) is 7.02. The molecule has 0 radical (unpaired) electrons. The zero-order valence-electron chi connectivity index (χ0n) is 8.30. The van der Waals surface area contributed by atoms with Crippen LogP contribution in [0.4, 0.5) is 4.79 Å². The highest BCUT2D eigenvalue weighted by Gasteiger charge is 2.20. The van der Waals surface area contributed by atoms with Crippen molar-refractivity contribution in [2.45, 2.75) is 12.5 Å². The molecule has 0 bridgehead atoms. The molecule has 7 heteroatoms. The minimum absolute atomic E-state index is 0.167. The van der Waals surface area contributed by atoms with Gasteiger partial charge in [0.15, 0.2) is 6.04 Å². The summed E-state index contributed by atoms with van der Waals surface area (Å²) in [5.74, 6) is -1.31. The second kappa shape index (κ2) is 6.62. The summed E-state index contributed by atoms with van der Waals surface area (Å²) in [7, 11) is 1.43. The molecule has 0 saturated carbocycles. The zero-order chi connectivity index (χ0) is 11.8. The summed E-state index contributed by atoms with van der Waals surface area (Å²) in [6, 6.07) is -0.0941. The van der Waals surface area contributed by atoms with Gasteiger partial charge < -0.3 is 20.4 Å². The number of nitriles is 1. The quantitative estimate of drug-likeness (QED) is 0.543. The monoisotopic (exact) mass is 215 g/mol. The van der Waals surface area contributed by atoms with Crippen LogP contribution in [0.1, 0.15) is 6.42 Å². The molecule has 0 aromatic heterocycles. The fraction of sp³-hybridized carbons (Fsp3) is 0.625. The molecule has 2 amide bonds. The van der Waals surface area contributed by atoms with Crippen molar-refractivity contribution >= 4 is 12.0 Å². The Hall–Kier alpha value is -1.81. The Kier molecular flexibility index (Phi) is 5.82. The Morgan fingerprint density at radius 1 is 1.60 bits per heavy atom. The van der Waals surface area contributed by atoms with Crippen LogP contribution in [0.15, 0.2) is 0 Å². The summed E-state index contributed by atoms with van der Waals surface area (Å²) in [4.78, 5) is 22.9. The van der Waals surface area contributed by atoms with E-state index in [4.69, 9.17) is 15.5 Å². The maximum absolute atomic E-state index is 11.3. The van der Waals surface area contributed by atoms with E-state index >= 15 is 0 Å². The van der Waals surface area contributed by atoms with Crippen molar-refractivity contribution in [1.29, 1.82) is 5.26 Å². The average Bonchev–Trinajstić information content (AvgIpc) is 2.21. The number of aliphatic carboxylic acids is 1. The van der Waals surface area contributed by atoms with E-state index in [1.807, 2.05) is 6.07 Å². The van der Waals surface area contributed by atoms with Gasteiger partial charge >= 0.3 is 12.0 Å². The van der Waals surface area contributed by atoms with Crippen LogP contribution >= 0.6 is 0 Å². The van der Waals surface area contributed by atoms with Crippen LogP contribution in [-0.4, -0.2) is 53.4 Å². The van der Waals surface area contributed by atoms with Gasteiger partial charge in [0, 0.05) is 13.6 Å². The van der Waals surface area contributed by atoms with Crippen LogP contribution in [-0.2, 0) is 4.79 Å². The molecule has 0 aromatic rings. The molecular weight excluding hydrogens is 202 g/mol. The van der Waals surface area contributed by atoms with E-state index in [9.17, 15) is 9.59 Å². The Balaban J connectivity index is 4.11. The van der Waals surface area contributed by atoms with Crippen LogP contribution in [0.5, 0.6) is 0 Å². The Morgan fingerprint density at radius 2 is 2.20 bits per heavy atom. The van der Waals surface area contributed by atoms with Crippen molar-refractivity contribution in [2.75, 3.05) is 20.2 Å². The summed E-state index contributed by atoms with van der Waals surface area (Å²) in [5, 5.41) is 27.5. The van der Waals surface area contributed by atoms with E-state index in [1.54, 1.807) is 0 Å². The van der Waals surface area contributed by atoms with Gasteiger partial charge in [0.1, 0.15) is 0 Å². The molecule has 0 aliphatic carbocycles. The van der Waals surface area contributed by atoms with E-state index in [-0.39, 0.29) is 13.0 Å². The number of hydrogen-bond acceptors (Lipinski definition) is 4. The molecule has 0 aromatic carbocycles. The second-order valence-corrected chi connectivity index (χ2v) is 2.85. The molecule has 0 rings (SSSR count). The van der Waals surface area contributed by atoms with E-state index in [1.165, 1.54) is 11.9 Å². The molecule has 0 aliphatic rings. The Morgan fingerprint density at radius 3 is 2.60 bits per heavy atom. The van der Waals surface area contributed by atoms with Gasteiger partial charge in [0.2, 0.25) is 0 Å². The number of rotatable bonds is 5. The molecule has 0 heterocycles. The molecular formula is C8H13N3O4. The number of urea groups is 1. The fourth-order valence-corrected chi connectivity index (χ4v) is 0.764. The first kappa shape index (κ1) is 13.2. The molecule has 0 aliphatic heterocycles. The summed E-state index contributed by atoms with van der Waals surface area (Å²) in [6.07, 6.45) is 0.167. The van der Waals surface area contributed by atoms with Crippen LogP contribution in [0.3, 0.4) is 0 Å². The van der Waals surface area contributed by atoms with Gasteiger partial charge in [-0.05, 0) is 0 Å². The lowest BCUT2D eigenvalue weighted by molar-refractivity contribution is -0.140. The van der Waals surface area contributed by atoms with E-state index in [0.717, 1.165) is 0 Å². The van der Waals surface area contributed by atoms with E-state index < -0.39 is 24.6 Å². The number of carbonyl (C=O) groups is 2. The Labute approximate surface area is 86.9 Å². The van der Waals surface area contributed by atoms with Crippen LogP contribution in [0.25, 0.3) is 0 Å². The maximum atomic E-state index is 11.3. The number of carboxylic acids is 1. The topological polar surface area (TPSA) is 114 Å². The van der Waals surface area contributed by atoms with Gasteiger partial charge in [-0.1, -0.05) is 0 Å². The van der Waals surface area contributed by atoms with Crippen LogP contribution in [0.2, 0.25) is 0 Å². The molecule has 1 unspecified atom stereocenters. The molecule has 0 fully saturated rings. The normalized spacial score (nSPS) is 11.3. The van der Waals surface area contributed by atoms with Gasteiger partial charge in [-0.25, -0.2) is 9.59 Å². The first-order valence-electron chi connectivity index (χ1n) is 4.25. The average molecular weight is 215 g/mol. The van der Waals surface area contributed by atoms with Gasteiger partial charge in [-0.3, -0.25) is 0 Å². The molecule has 3 N–H and O–H groups in total. The number of carbonyl (C=O) groups excluding carboxylic acids is 1. The van der Waals surface area contributed by atoms with Crippen molar-refractivity contribution < 1.29 is 19.8 Å². The first-order valence-corrected chi connectivity index (χ1v) is 4.25. The van der Waals surface area contributed by atoms with Gasteiger partial charge in [0.25, 0.3) is 0 Å². The lowest BCUT2D eigenvalue weighted by Gasteiger charge is -2.19. The minimum Gasteiger partial charge on any atom is -0.480 e. The Bertz CT molecular complexity index is 274. The number of aliphatic hydroxyl groups excluding tert-OH is 1. The molecule has 7 nitrogen and oxygen atoms in total. The van der Waals surface area contributed by atoms with Crippen molar-refractivity contribution in [2.24, 2.45) is 0 Å². The number of hydrogen-bond donors (Lipinski definition) is 3. The molecule has 15 heavy (non-hydrogen) atoms. The van der Waals surface area contributed by atoms with Crippen LogP contribution in [0, 0.1) is 11.3 Å². The van der Waals surface area contributed by atoms with Crippen molar-refractivity contribution in [1.82, 2.24) is 10.2 Å². The maximum Gasteiger partial charge on any atom is 0.328 e. The molecule has 1 atom stereocenters. The van der Waals surface area contributed by atoms with Crippen LogP contribution < -0.4 is 5.32 Å². The van der Waals surface area contributed by atoms with E-state index in [2.05, 4.69) is 5.32 Å². The summed E-state index contributed by atoms with van der Waals surface area (Å²) in [5.41, 5.74) is 0. The largest absolute Gasteiger partial charge is 0.480 e. The fourth-order valence-electron chi connectivity index (χ4n) is 0.764. The van der Waals surface area contributed by atoms with Crippen molar-refractivity contribution in [3.8, 4) is 6.07 Å². The predicted octanol–water partition coefficient (Wildman–Crippen LogP) is -1.01. The smallest absolute Gasteiger partial charge is 0.328 e. The summed E-state index contributed by atoms with van der Waals surface area (Å²) in [6.45, 7) is -0.465. The SMILES string of the molecule is CN(CCC#N)C(=O)NC(CO)C(=O)O.